The van der Waals surface area contributed by atoms with Gasteiger partial charge in [-0.3, -0.25) is 9.78 Å². The monoisotopic (exact) mass is 320 g/mol. The van der Waals surface area contributed by atoms with Crippen molar-refractivity contribution in [1.29, 1.82) is 0 Å². The maximum atomic E-state index is 12.4. The third-order valence-electron chi connectivity index (χ3n) is 3.76. The molecule has 4 nitrogen and oxygen atoms in total. The number of amides is 1. The predicted molar refractivity (Wildman–Crippen MR) is 96.5 cm³/mol. The summed E-state index contributed by atoms with van der Waals surface area (Å²) >= 11 is 0. The number of carbonyl (C=O) groups is 1. The van der Waals surface area contributed by atoms with E-state index in [0.29, 0.717) is 17.9 Å². The van der Waals surface area contributed by atoms with Crippen LogP contribution in [0.4, 0.5) is 5.69 Å². The Bertz CT molecular complexity index is 823. The quantitative estimate of drug-likeness (QED) is 0.672. The minimum Gasteiger partial charge on any atom is -0.494 e. The minimum atomic E-state index is -0.159. The highest BCUT2D eigenvalue weighted by Crippen LogP contribution is 2.21. The molecule has 0 aliphatic rings. The number of aromatic nitrogens is 1. The Morgan fingerprint density at radius 3 is 2.67 bits per heavy atom. The van der Waals surface area contributed by atoms with E-state index < -0.39 is 0 Å². The fraction of sp³-hybridized carbons (Fsp3) is 0.200. The molecule has 1 aromatic heterocycles. The highest BCUT2D eigenvalue weighted by atomic mass is 16.5. The van der Waals surface area contributed by atoms with Crippen LogP contribution in [0.15, 0.2) is 60.8 Å². The van der Waals surface area contributed by atoms with Gasteiger partial charge in [0, 0.05) is 17.1 Å². The Morgan fingerprint density at radius 1 is 1.08 bits per heavy atom. The average molecular weight is 320 g/mol. The van der Waals surface area contributed by atoms with Crippen LogP contribution in [0.2, 0.25) is 0 Å². The first-order valence-electron chi connectivity index (χ1n) is 8.16. The second-order valence-corrected chi connectivity index (χ2v) is 5.56. The topological polar surface area (TPSA) is 51.2 Å². The molecule has 1 N–H and O–H groups in total. The van der Waals surface area contributed by atoms with Crippen molar-refractivity contribution >= 4 is 22.5 Å². The van der Waals surface area contributed by atoms with Crippen molar-refractivity contribution in [2.24, 2.45) is 0 Å². The molecule has 0 unspecified atom stereocenters. The van der Waals surface area contributed by atoms with E-state index in [1.807, 2.05) is 42.5 Å². The second kappa shape index (κ2) is 7.59. The van der Waals surface area contributed by atoms with Crippen LogP contribution < -0.4 is 10.1 Å². The van der Waals surface area contributed by atoms with Gasteiger partial charge in [-0.2, -0.15) is 0 Å². The van der Waals surface area contributed by atoms with E-state index >= 15 is 0 Å². The summed E-state index contributed by atoms with van der Waals surface area (Å²) in [6, 6.07) is 16.8. The number of hydrogen-bond donors (Lipinski definition) is 1. The Balaban J connectivity index is 1.72. The van der Waals surface area contributed by atoms with E-state index in [9.17, 15) is 4.79 Å². The van der Waals surface area contributed by atoms with Gasteiger partial charge in [0.2, 0.25) is 0 Å². The molecule has 3 rings (SSSR count). The number of pyridine rings is 1. The second-order valence-electron chi connectivity index (χ2n) is 5.56. The van der Waals surface area contributed by atoms with E-state index in [-0.39, 0.29) is 5.91 Å². The number of unbranched alkanes of at least 4 members (excludes halogenated alkanes) is 1. The smallest absolute Gasteiger partial charge is 0.255 e. The molecule has 0 saturated carbocycles. The average Bonchev–Trinajstić information content (AvgIpc) is 2.63. The zero-order chi connectivity index (χ0) is 16.8. The van der Waals surface area contributed by atoms with Crippen molar-refractivity contribution in [3.8, 4) is 5.75 Å². The van der Waals surface area contributed by atoms with Crippen molar-refractivity contribution in [3.05, 3.63) is 66.4 Å². The number of nitrogens with one attached hydrogen (secondary N) is 1. The number of rotatable bonds is 6. The molecule has 0 atom stereocenters. The van der Waals surface area contributed by atoms with Crippen molar-refractivity contribution in [2.75, 3.05) is 11.9 Å². The SMILES string of the molecule is CCCCOc1ccc(C(=O)Nc2cccc3cccnc23)cc1. The maximum Gasteiger partial charge on any atom is 0.255 e. The van der Waals surface area contributed by atoms with Crippen molar-refractivity contribution in [1.82, 2.24) is 4.98 Å². The van der Waals surface area contributed by atoms with Crippen LogP contribution in [-0.4, -0.2) is 17.5 Å². The van der Waals surface area contributed by atoms with Gasteiger partial charge in [0.25, 0.3) is 5.91 Å². The summed E-state index contributed by atoms with van der Waals surface area (Å²) in [5.41, 5.74) is 2.08. The molecule has 2 aromatic carbocycles. The standard InChI is InChI=1S/C20H20N2O2/c1-2-3-14-24-17-11-9-16(10-12-17)20(23)22-18-8-4-6-15-7-5-13-21-19(15)18/h4-13H,2-3,14H2,1H3,(H,22,23). The summed E-state index contributed by atoms with van der Waals surface area (Å²) in [6.07, 6.45) is 3.84. The van der Waals surface area contributed by atoms with Crippen molar-refractivity contribution < 1.29 is 9.53 Å². The summed E-state index contributed by atoms with van der Waals surface area (Å²) in [4.78, 5) is 16.8. The Hall–Kier alpha value is -2.88. The number of nitrogens with zero attached hydrogens (tertiary/aromatic N) is 1. The van der Waals surface area contributed by atoms with E-state index in [4.69, 9.17) is 4.74 Å². The van der Waals surface area contributed by atoms with Crippen LogP contribution >= 0.6 is 0 Å². The summed E-state index contributed by atoms with van der Waals surface area (Å²) in [6.45, 7) is 2.82. The molecule has 1 amide bonds. The van der Waals surface area contributed by atoms with Crippen LogP contribution in [0.1, 0.15) is 30.1 Å². The van der Waals surface area contributed by atoms with E-state index in [2.05, 4.69) is 17.2 Å². The molecule has 0 fully saturated rings. The molecule has 0 bridgehead atoms. The number of benzene rings is 2. The highest BCUT2D eigenvalue weighted by molar-refractivity contribution is 6.08. The largest absolute Gasteiger partial charge is 0.494 e. The van der Waals surface area contributed by atoms with E-state index in [1.165, 1.54) is 0 Å². The zero-order valence-corrected chi connectivity index (χ0v) is 13.7. The molecule has 0 radical (unpaired) electrons. The maximum absolute atomic E-state index is 12.4. The van der Waals surface area contributed by atoms with Gasteiger partial charge in [-0.05, 0) is 42.8 Å². The van der Waals surface area contributed by atoms with Crippen molar-refractivity contribution in [2.45, 2.75) is 19.8 Å². The van der Waals surface area contributed by atoms with Gasteiger partial charge in [-0.25, -0.2) is 0 Å². The lowest BCUT2D eigenvalue weighted by atomic mass is 10.1. The molecule has 0 spiro atoms. The molecule has 4 heteroatoms. The van der Waals surface area contributed by atoms with Crippen LogP contribution in [0.5, 0.6) is 5.75 Å². The predicted octanol–water partition coefficient (Wildman–Crippen LogP) is 4.67. The lowest BCUT2D eigenvalue weighted by molar-refractivity contribution is 0.102. The van der Waals surface area contributed by atoms with Crippen LogP contribution in [0, 0.1) is 0 Å². The Labute approximate surface area is 141 Å². The number of ether oxygens (including phenoxy) is 1. The number of carbonyl (C=O) groups excluding carboxylic acids is 1. The molecule has 3 aromatic rings. The molecule has 24 heavy (non-hydrogen) atoms. The van der Waals surface area contributed by atoms with Gasteiger partial charge in [-0.1, -0.05) is 31.5 Å². The van der Waals surface area contributed by atoms with E-state index in [1.54, 1.807) is 18.3 Å². The van der Waals surface area contributed by atoms with Gasteiger partial charge >= 0.3 is 0 Å². The van der Waals surface area contributed by atoms with Gasteiger partial charge in [-0.15, -0.1) is 0 Å². The molecular formula is C20H20N2O2. The Morgan fingerprint density at radius 2 is 1.88 bits per heavy atom. The third kappa shape index (κ3) is 3.71. The van der Waals surface area contributed by atoms with Crippen LogP contribution in [-0.2, 0) is 0 Å². The van der Waals surface area contributed by atoms with Gasteiger partial charge in [0.15, 0.2) is 0 Å². The summed E-state index contributed by atoms with van der Waals surface area (Å²) in [7, 11) is 0. The van der Waals surface area contributed by atoms with Crippen LogP contribution in [0.25, 0.3) is 10.9 Å². The van der Waals surface area contributed by atoms with Crippen LogP contribution in [0.3, 0.4) is 0 Å². The number of para-hydroxylation sites is 1. The molecular weight excluding hydrogens is 300 g/mol. The fourth-order valence-corrected chi connectivity index (χ4v) is 2.44. The molecule has 122 valence electrons. The normalized spacial score (nSPS) is 10.5. The Kier molecular flexibility index (Phi) is 5.06. The minimum absolute atomic E-state index is 0.159. The summed E-state index contributed by atoms with van der Waals surface area (Å²) in [5.74, 6) is 0.625. The first-order valence-corrected chi connectivity index (χ1v) is 8.16. The first-order chi connectivity index (χ1) is 11.8. The highest BCUT2D eigenvalue weighted by Gasteiger charge is 2.09. The van der Waals surface area contributed by atoms with Gasteiger partial charge in [0.1, 0.15) is 5.75 Å². The molecule has 1 heterocycles. The van der Waals surface area contributed by atoms with Gasteiger partial charge < -0.3 is 10.1 Å². The number of anilines is 1. The zero-order valence-electron chi connectivity index (χ0n) is 13.7. The molecule has 0 saturated heterocycles. The third-order valence-corrected chi connectivity index (χ3v) is 3.76. The lowest BCUT2D eigenvalue weighted by Gasteiger charge is -2.09. The fourth-order valence-electron chi connectivity index (χ4n) is 2.44. The molecule has 0 aliphatic carbocycles. The number of hydrogen-bond acceptors (Lipinski definition) is 3. The number of fused-ring (bicyclic) bond motifs is 1. The molecule has 0 aliphatic heterocycles. The lowest BCUT2D eigenvalue weighted by Crippen LogP contribution is -2.12. The summed E-state index contributed by atoms with van der Waals surface area (Å²) in [5, 5.41) is 3.93. The first kappa shape index (κ1) is 16.0. The summed E-state index contributed by atoms with van der Waals surface area (Å²) < 4.78 is 5.62. The van der Waals surface area contributed by atoms with Crippen molar-refractivity contribution in [3.63, 3.8) is 0 Å². The van der Waals surface area contributed by atoms with E-state index in [0.717, 1.165) is 29.5 Å². The van der Waals surface area contributed by atoms with Gasteiger partial charge in [0.05, 0.1) is 17.8 Å².